The Morgan fingerprint density at radius 1 is 1.46 bits per heavy atom. The van der Waals surface area contributed by atoms with E-state index in [2.05, 4.69) is 11.4 Å². The Morgan fingerprint density at radius 3 is 2.54 bits per heavy atom. The molecule has 78 valence electrons. The predicted molar refractivity (Wildman–Crippen MR) is 56.6 cm³/mol. The number of hydrogen-bond acceptors (Lipinski definition) is 3. The van der Waals surface area contributed by atoms with Gasteiger partial charge in [0.2, 0.25) is 0 Å². The molecule has 0 saturated carbocycles. The van der Waals surface area contributed by atoms with Crippen molar-refractivity contribution in [2.24, 2.45) is 0 Å². The fraction of sp³-hybridized carbons (Fsp3) is 0.778. The Balaban J connectivity index is 3.58. The van der Waals surface area contributed by atoms with Crippen molar-refractivity contribution in [2.45, 2.75) is 26.3 Å². The fourth-order valence-corrected chi connectivity index (χ4v) is 2.12. The van der Waals surface area contributed by atoms with Gasteiger partial charge in [-0.1, -0.05) is 12.2 Å². The van der Waals surface area contributed by atoms with E-state index in [0.29, 0.717) is 0 Å². The van der Waals surface area contributed by atoms with Crippen LogP contribution in [0.5, 0.6) is 0 Å². The molecule has 0 aliphatic rings. The van der Waals surface area contributed by atoms with E-state index in [1.54, 1.807) is 0 Å². The molecule has 0 aliphatic carbocycles. The van der Waals surface area contributed by atoms with Crippen molar-refractivity contribution in [3.05, 3.63) is 12.2 Å². The van der Waals surface area contributed by atoms with Gasteiger partial charge in [0.25, 0.3) is 0 Å². The van der Waals surface area contributed by atoms with E-state index in [0.717, 1.165) is 13.0 Å². The average Bonchev–Trinajstić information content (AvgIpc) is 1.94. The van der Waals surface area contributed by atoms with Crippen molar-refractivity contribution < 1.29 is 8.42 Å². The first kappa shape index (κ1) is 12.7. The summed E-state index contributed by atoms with van der Waals surface area (Å²) >= 11 is 0. The van der Waals surface area contributed by atoms with E-state index in [1.165, 1.54) is 6.26 Å². The van der Waals surface area contributed by atoms with Crippen LogP contribution in [-0.4, -0.2) is 33.0 Å². The molecule has 13 heavy (non-hydrogen) atoms. The van der Waals surface area contributed by atoms with Gasteiger partial charge in [-0.3, -0.25) is 0 Å². The van der Waals surface area contributed by atoms with Crippen molar-refractivity contribution in [1.82, 2.24) is 5.32 Å². The van der Waals surface area contributed by atoms with Gasteiger partial charge in [0, 0.05) is 12.3 Å². The quantitative estimate of drug-likeness (QED) is 0.519. The normalized spacial score (nSPS) is 15.0. The number of sulfone groups is 1. The Hall–Kier alpha value is -0.350. The van der Waals surface area contributed by atoms with E-state index in [1.807, 2.05) is 19.9 Å². The molecule has 0 aromatic heterocycles. The Morgan fingerprint density at radius 2 is 2.08 bits per heavy atom. The maximum Gasteiger partial charge on any atom is 0.148 e. The molecule has 0 bridgehead atoms. The number of hydrogen-bond donors (Lipinski definition) is 1. The molecule has 0 spiro atoms. The lowest BCUT2D eigenvalue weighted by molar-refractivity contribution is 0.563. The molecule has 0 aliphatic heterocycles. The highest BCUT2D eigenvalue weighted by Crippen LogP contribution is 1.90. The smallest absolute Gasteiger partial charge is 0.148 e. The Kier molecular flexibility index (Phi) is 5.99. The lowest BCUT2D eigenvalue weighted by Crippen LogP contribution is -2.33. The number of nitrogens with one attached hydrogen (secondary N) is 1. The highest BCUT2D eigenvalue weighted by atomic mass is 32.2. The molecule has 1 N–H and O–H groups in total. The molecular weight excluding hydrogens is 186 g/mol. The van der Waals surface area contributed by atoms with Gasteiger partial charge in [0.15, 0.2) is 0 Å². The largest absolute Gasteiger partial charge is 0.313 e. The first-order valence-electron chi connectivity index (χ1n) is 4.48. The minimum absolute atomic E-state index is 0.0419. The van der Waals surface area contributed by atoms with Crippen LogP contribution in [-0.2, 0) is 9.84 Å². The van der Waals surface area contributed by atoms with Crippen LogP contribution in [0.25, 0.3) is 0 Å². The third-order valence-corrected chi connectivity index (χ3v) is 2.70. The summed E-state index contributed by atoms with van der Waals surface area (Å²) in [6, 6.07) is 0.0419. The maximum atomic E-state index is 10.9. The van der Waals surface area contributed by atoms with Crippen LogP contribution in [0, 0.1) is 0 Å². The molecule has 0 heterocycles. The summed E-state index contributed by atoms with van der Waals surface area (Å²) in [7, 11) is -2.85. The molecule has 4 heteroatoms. The van der Waals surface area contributed by atoms with Crippen molar-refractivity contribution in [1.29, 1.82) is 0 Å². The van der Waals surface area contributed by atoms with Gasteiger partial charge in [-0.2, -0.15) is 0 Å². The highest BCUT2D eigenvalue weighted by Gasteiger charge is 2.08. The minimum atomic E-state index is -2.85. The molecule has 3 nitrogen and oxygen atoms in total. The first-order chi connectivity index (χ1) is 5.95. The first-order valence-corrected chi connectivity index (χ1v) is 6.54. The van der Waals surface area contributed by atoms with E-state index in [-0.39, 0.29) is 11.8 Å². The van der Waals surface area contributed by atoms with Crippen LogP contribution in [0.3, 0.4) is 0 Å². The lowest BCUT2D eigenvalue weighted by Gasteiger charge is -2.11. The van der Waals surface area contributed by atoms with Crippen LogP contribution < -0.4 is 5.32 Å². The Bertz CT molecular complexity index is 244. The molecule has 1 unspecified atom stereocenters. The topological polar surface area (TPSA) is 46.2 Å². The molecule has 0 rings (SSSR count). The highest BCUT2D eigenvalue weighted by molar-refractivity contribution is 7.90. The van der Waals surface area contributed by atoms with Gasteiger partial charge in [0.05, 0.1) is 5.75 Å². The molecule has 1 atom stereocenters. The second kappa shape index (κ2) is 6.16. The second-order valence-corrected chi connectivity index (χ2v) is 5.49. The summed E-state index contributed by atoms with van der Waals surface area (Å²) in [5.74, 6) is 0.211. The molecule has 0 saturated heterocycles. The fourth-order valence-electron chi connectivity index (χ4n) is 1.09. The van der Waals surface area contributed by atoms with Gasteiger partial charge in [-0.25, -0.2) is 8.42 Å². The zero-order chi connectivity index (χ0) is 10.3. The van der Waals surface area contributed by atoms with E-state index in [9.17, 15) is 8.42 Å². The lowest BCUT2D eigenvalue weighted by atomic mass is 10.3. The van der Waals surface area contributed by atoms with Gasteiger partial charge in [-0.15, -0.1) is 0 Å². The van der Waals surface area contributed by atoms with Crippen LogP contribution in [0.2, 0.25) is 0 Å². The van der Waals surface area contributed by atoms with Gasteiger partial charge < -0.3 is 5.32 Å². The van der Waals surface area contributed by atoms with Gasteiger partial charge in [-0.05, 0) is 26.8 Å². The number of allylic oxidation sites excluding steroid dienone is 1. The summed E-state index contributed by atoms with van der Waals surface area (Å²) in [6.45, 7) is 4.69. The maximum absolute atomic E-state index is 10.9. The van der Waals surface area contributed by atoms with Crippen molar-refractivity contribution >= 4 is 9.84 Å². The third kappa shape index (κ3) is 9.56. The third-order valence-electron chi connectivity index (χ3n) is 1.59. The molecule has 0 aromatic carbocycles. The molecule has 0 aromatic rings. The van der Waals surface area contributed by atoms with Crippen LogP contribution in [0.15, 0.2) is 12.2 Å². The van der Waals surface area contributed by atoms with Gasteiger partial charge in [0.1, 0.15) is 9.84 Å². The zero-order valence-electron chi connectivity index (χ0n) is 8.58. The van der Waals surface area contributed by atoms with Gasteiger partial charge >= 0.3 is 0 Å². The summed E-state index contributed by atoms with van der Waals surface area (Å²) in [6.07, 6.45) is 6.25. The standard InChI is InChI=1S/C9H19NO2S/c1-4-5-6-7-10-9(2)8-13(3,11)12/h4-5,9-10H,6-8H2,1-3H3/b5-4+. The molecular formula is C9H19NO2S. The summed E-state index contributed by atoms with van der Waals surface area (Å²) in [5, 5.41) is 3.14. The second-order valence-electron chi connectivity index (χ2n) is 3.31. The summed E-state index contributed by atoms with van der Waals surface area (Å²) in [4.78, 5) is 0. The molecule has 0 amide bonds. The summed E-state index contributed by atoms with van der Waals surface area (Å²) < 4.78 is 21.8. The predicted octanol–water partition coefficient (Wildman–Crippen LogP) is 0.975. The van der Waals surface area contributed by atoms with Crippen molar-refractivity contribution in [3.8, 4) is 0 Å². The van der Waals surface area contributed by atoms with Crippen LogP contribution in [0.4, 0.5) is 0 Å². The van der Waals surface area contributed by atoms with Crippen LogP contribution >= 0.6 is 0 Å². The number of rotatable bonds is 6. The zero-order valence-corrected chi connectivity index (χ0v) is 9.39. The van der Waals surface area contributed by atoms with E-state index < -0.39 is 9.84 Å². The van der Waals surface area contributed by atoms with E-state index >= 15 is 0 Å². The van der Waals surface area contributed by atoms with Crippen molar-refractivity contribution in [3.63, 3.8) is 0 Å². The van der Waals surface area contributed by atoms with Crippen molar-refractivity contribution in [2.75, 3.05) is 18.6 Å². The SMILES string of the molecule is C/C=C/CCNC(C)CS(C)(=O)=O. The van der Waals surface area contributed by atoms with Crippen LogP contribution in [0.1, 0.15) is 20.3 Å². The molecule has 0 radical (unpaired) electrons. The average molecular weight is 205 g/mol. The summed E-state index contributed by atoms with van der Waals surface area (Å²) in [5.41, 5.74) is 0. The Labute approximate surface area is 81.1 Å². The minimum Gasteiger partial charge on any atom is -0.313 e. The molecule has 0 fully saturated rings. The van der Waals surface area contributed by atoms with E-state index in [4.69, 9.17) is 0 Å². The monoisotopic (exact) mass is 205 g/mol.